The summed E-state index contributed by atoms with van der Waals surface area (Å²) in [6.07, 6.45) is 1.09. The van der Waals surface area contributed by atoms with Gasteiger partial charge in [0.1, 0.15) is 0 Å². The Labute approximate surface area is 81.6 Å². The van der Waals surface area contributed by atoms with Crippen LogP contribution in [0.5, 0.6) is 0 Å². The summed E-state index contributed by atoms with van der Waals surface area (Å²) in [4.78, 5) is 0. The Morgan fingerprint density at radius 2 is 1.46 bits per heavy atom. The third-order valence-electron chi connectivity index (χ3n) is 1.63. The lowest BCUT2D eigenvalue weighted by molar-refractivity contribution is 0.0413. The van der Waals surface area contributed by atoms with Crippen LogP contribution in [0, 0.1) is 5.41 Å². The van der Waals surface area contributed by atoms with Crippen molar-refractivity contribution in [3.63, 3.8) is 0 Å². The maximum atomic E-state index is 5.39. The van der Waals surface area contributed by atoms with Gasteiger partial charge >= 0.3 is 0 Å². The van der Waals surface area contributed by atoms with Gasteiger partial charge in [0.2, 0.25) is 0 Å². The summed E-state index contributed by atoms with van der Waals surface area (Å²) < 4.78 is 10.6. The van der Waals surface area contributed by atoms with Crippen LogP contribution in [0.25, 0.3) is 0 Å². The van der Waals surface area contributed by atoms with Crippen molar-refractivity contribution >= 4 is 0 Å². The molecular weight excluding hydrogens is 166 g/mol. The van der Waals surface area contributed by atoms with Crippen LogP contribution in [0.2, 0.25) is 0 Å². The molecule has 0 fully saturated rings. The molecule has 0 saturated heterocycles. The van der Waals surface area contributed by atoms with E-state index in [-0.39, 0.29) is 0 Å². The predicted octanol–water partition coefficient (Wildman–Crippen LogP) is 1.41. The molecule has 0 rings (SSSR count). The average Bonchev–Trinajstić information content (AvgIpc) is 2.01. The molecule has 0 aromatic heterocycles. The second-order valence-corrected chi connectivity index (χ2v) is 4.32. The van der Waals surface area contributed by atoms with E-state index in [0.717, 1.165) is 13.0 Å². The zero-order valence-electron chi connectivity index (χ0n) is 9.14. The highest BCUT2D eigenvalue weighted by atomic mass is 16.5. The SMILES string of the molecule is CC(C)(C)CCOCCOCCN. The molecule has 3 heteroatoms. The molecule has 0 atom stereocenters. The number of rotatable bonds is 7. The molecule has 0 aliphatic heterocycles. The topological polar surface area (TPSA) is 44.5 Å². The molecule has 0 aromatic rings. The summed E-state index contributed by atoms with van der Waals surface area (Å²) in [5.74, 6) is 0. The van der Waals surface area contributed by atoms with E-state index in [2.05, 4.69) is 20.8 Å². The van der Waals surface area contributed by atoms with Crippen molar-refractivity contribution in [1.82, 2.24) is 0 Å². The van der Waals surface area contributed by atoms with Crippen molar-refractivity contribution in [1.29, 1.82) is 0 Å². The first-order valence-electron chi connectivity index (χ1n) is 4.92. The van der Waals surface area contributed by atoms with Crippen LogP contribution in [-0.4, -0.2) is 33.0 Å². The highest BCUT2D eigenvalue weighted by Crippen LogP contribution is 2.17. The second-order valence-electron chi connectivity index (χ2n) is 4.32. The van der Waals surface area contributed by atoms with E-state index in [1.54, 1.807) is 0 Å². The molecule has 13 heavy (non-hydrogen) atoms. The summed E-state index contributed by atoms with van der Waals surface area (Å²) >= 11 is 0. The van der Waals surface area contributed by atoms with Crippen LogP contribution in [0.4, 0.5) is 0 Å². The Bertz CT molecular complexity index is 110. The van der Waals surface area contributed by atoms with Crippen molar-refractivity contribution in [2.24, 2.45) is 11.1 Å². The molecular formula is C10H23NO2. The molecule has 2 N–H and O–H groups in total. The van der Waals surface area contributed by atoms with E-state index in [1.807, 2.05) is 0 Å². The third-order valence-corrected chi connectivity index (χ3v) is 1.63. The van der Waals surface area contributed by atoms with Gasteiger partial charge in [0.15, 0.2) is 0 Å². The fraction of sp³-hybridized carbons (Fsp3) is 1.00. The Morgan fingerprint density at radius 1 is 0.923 bits per heavy atom. The summed E-state index contributed by atoms with van der Waals surface area (Å²) in [5.41, 5.74) is 5.62. The lowest BCUT2D eigenvalue weighted by atomic mass is 9.93. The molecule has 0 amide bonds. The van der Waals surface area contributed by atoms with Crippen LogP contribution in [-0.2, 0) is 9.47 Å². The normalized spacial score (nSPS) is 12.0. The maximum absolute atomic E-state index is 5.39. The minimum absolute atomic E-state index is 0.359. The third kappa shape index (κ3) is 11.9. The quantitative estimate of drug-likeness (QED) is 0.616. The van der Waals surface area contributed by atoms with Crippen molar-refractivity contribution < 1.29 is 9.47 Å². The van der Waals surface area contributed by atoms with Crippen LogP contribution in [0.1, 0.15) is 27.2 Å². The molecule has 3 nitrogen and oxygen atoms in total. The van der Waals surface area contributed by atoms with Crippen LogP contribution in [0.3, 0.4) is 0 Å². The van der Waals surface area contributed by atoms with Crippen molar-refractivity contribution in [3.8, 4) is 0 Å². The first-order valence-corrected chi connectivity index (χ1v) is 4.92. The smallest absolute Gasteiger partial charge is 0.0701 e. The first-order chi connectivity index (χ1) is 6.06. The van der Waals surface area contributed by atoms with Crippen LogP contribution >= 0.6 is 0 Å². The zero-order chi connectivity index (χ0) is 10.2. The Morgan fingerprint density at radius 3 is 1.92 bits per heavy atom. The molecule has 0 radical (unpaired) electrons. The van der Waals surface area contributed by atoms with Crippen molar-refractivity contribution in [2.45, 2.75) is 27.2 Å². The van der Waals surface area contributed by atoms with Gasteiger partial charge < -0.3 is 15.2 Å². The zero-order valence-corrected chi connectivity index (χ0v) is 9.14. The van der Waals surface area contributed by atoms with Crippen LogP contribution in [0.15, 0.2) is 0 Å². The van der Waals surface area contributed by atoms with E-state index in [0.29, 0.717) is 31.8 Å². The van der Waals surface area contributed by atoms with Gasteiger partial charge in [-0.25, -0.2) is 0 Å². The number of ether oxygens (including phenoxy) is 2. The summed E-state index contributed by atoms with van der Waals surface area (Å²) in [6.45, 7) is 9.99. The van der Waals surface area contributed by atoms with Gasteiger partial charge in [0.05, 0.1) is 19.8 Å². The minimum atomic E-state index is 0.359. The van der Waals surface area contributed by atoms with Gasteiger partial charge in [-0.3, -0.25) is 0 Å². The molecule has 0 unspecified atom stereocenters. The van der Waals surface area contributed by atoms with Gasteiger partial charge in [-0.2, -0.15) is 0 Å². The fourth-order valence-electron chi connectivity index (χ4n) is 0.784. The number of nitrogens with two attached hydrogens (primary N) is 1. The van der Waals surface area contributed by atoms with Crippen molar-refractivity contribution in [2.75, 3.05) is 33.0 Å². The highest BCUT2D eigenvalue weighted by Gasteiger charge is 2.08. The van der Waals surface area contributed by atoms with Gasteiger partial charge in [-0.15, -0.1) is 0 Å². The average molecular weight is 189 g/mol. The van der Waals surface area contributed by atoms with Crippen molar-refractivity contribution in [3.05, 3.63) is 0 Å². The Hall–Kier alpha value is -0.120. The highest BCUT2D eigenvalue weighted by molar-refractivity contribution is 4.59. The van der Waals surface area contributed by atoms with E-state index in [9.17, 15) is 0 Å². The van der Waals surface area contributed by atoms with E-state index in [1.165, 1.54) is 0 Å². The molecule has 80 valence electrons. The standard InChI is InChI=1S/C10H23NO2/c1-10(2,3)4-6-12-8-9-13-7-5-11/h4-9,11H2,1-3H3. The summed E-state index contributed by atoms with van der Waals surface area (Å²) in [6, 6.07) is 0. The monoisotopic (exact) mass is 189 g/mol. The molecule has 0 aliphatic carbocycles. The van der Waals surface area contributed by atoms with E-state index < -0.39 is 0 Å². The van der Waals surface area contributed by atoms with Crippen LogP contribution < -0.4 is 5.73 Å². The van der Waals surface area contributed by atoms with Gasteiger partial charge in [-0.05, 0) is 11.8 Å². The predicted molar refractivity (Wildman–Crippen MR) is 54.8 cm³/mol. The fourth-order valence-corrected chi connectivity index (χ4v) is 0.784. The molecule has 0 bridgehead atoms. The van der Waals surface area contributed by atoms with Gasteiger partial charge in [-0.1, -0.05) is 20.8 Å². The largest absolute Gasteiger partial charge is 0.379 e. The summed E-state index contributed by atoms with van der Waals surface area (Å²) in [7, 11) is 0. The Balaban J connectivity index is 3.00. The second kappa shape index (κ2) is 7.30. The minimum Gasteiger partial charge on any atom is -0.379 e. The summed E-state index contributed by atoms with van der Waals surface area (Å²) in [5, 5.41) is 0. The first kappa shape index (κ1) is 12.9. The molecule has 0 aromatic carbocycles. The van der Waals surface area contributed by atoms with E-state index in [4.69, 9.17) is 15.2 Å². The molecule has 0 aliphatic rings. The van der Waals surface area contributed by atoms with Gasteiger partial charge in [0, 0.05) is 13.2 Å². The van der Waals surface area contributed by atoms with E-state index >= 15 is 0 Å². The molecule has 0 spiro atoms. The molecule has 0 saturated carbocycles. The maximum Gasteiger partial charge on any atom is 0.0701 e. The van der Waals surface area contributed by atoms with Gasteiger partial charge in [0.25, 0.3) is 0 Å². The lowest BCUT2D eigenvalue weighted by Crippen LogP contribution is -2.14. The lowest BCUT2D eigenvalue weighted by Gasteiger charge is -2.17. The Kier molecular flexibility index (Phi) is 7.23. The number of hydrogen-bond donors (Lipinski definition) is 1. The number of hydrogen-bond acceptors (Lipinski definition) is 3. The molecule has 0 heterocycles.